The first-order valence-corrected chi connectivity index (χ1v) is 8.34. The lowest BCUT2D eigenvalue weighted by atomic mass is 9.93. The van der Waals surface area contributed by atoms with Crippen LogP contribution >= 0.6 is 0 Å². The Bertz CT molecular complexity index is 188. The van der Waals surface area contributed by atoms with Crippen molar-refractivity contribution in [3.63, 3.8) is 0 Å². The minimum absolute atomic E-state index is 0.155. The average Bonchev–Trinajstić information content (AvgIpc) is 2.37. The molecule has 0 atom stereocenters. The molecule has 0 aromatic carbocycles. The van der Waals surface area contributed by atoms with E-state index < -0.39 is 14.2 Å². The predicted octanol–water partition coefficient (Wildman–Crippen LogP) is -0.0355. The molecule has 0 unspecified atom stereocenters. The van der Waals surface area contributed by atoms with Crippen molar-refractivity contribution in [3.8, 4) is 0 Å². The molecule has 0 rings (SSSR count). The first kappa shape index (κ1) is 18.0. The molecule has 0 bridgehead atoms. The Kier molecular flexibility index (Phi) is 8.96. The average molecular weight is 281 g/mol. The highest BCUT2D eigenvalue weighted by molar-refractivity contribution is 6.60. The van der Waals surface area contributed by atoms with E-state index in [1.165, 1.54) is 0 Å². The zero-order valence-corrected chi connectivity index (χ0v) is 12.6. The summed E-state index contributed by atoms with van der Waals surface area (Å²) < 4.78 is 17.1. The van der Waals surface area contributed by atoms with Crippen molar-refractivity contribution in [2.75, 3.05) is 39.6 Å². The van der Waals surface area contributed by atoms with Gasteiger partial charge in [0.15, 0.2) is 0 Å². The van der Waals surface area contributed by atoms with Crippen LogP contribution in [0.1, 0.15) is 20.8 Å². The fourth-order valence-electron chi connectivity index (χ4n) is 1.76. The van der Waals surface area contributed by atoms with Crippen molar-refractivity contribution in [2.24, 2.45) is 11.1 Å². The summed E-state index contributed by atoms with van der Waals surface area (Å²) in [6, 6.07) is 0.318. The Morgan fingerprint density at radius 3 is 1.56 bits per heavy atom. The van der Waals surface area contributed by atoms with Crippen molar-refractivity contribution in [2.45, 2.75) is 26.8 Å². The summed E-state index contributed by atoms with van der Waals surface area (Å²) in [7, 11) is -2.89. The van der Waals surface area contributed by atoms with Crippen LogP contribution in [0, 0.1) is 5.41 Å². The molecule has 7 heteroatoms. The predicted molar refractivity (Wildman–Crippen MR) is 71.1 cm³/mol. The van der Waals surface area contributed by atoms with Gasteiger partial charge >= 0.3 is 8.80 Å². The maximum Gasteiger partial charge on any atom is 0.501 e. The highest BCUT2D eigenvalue weighted by Gasteiger charge is 2.48. The molecule has 0 aliphatic rings. The lowest BCUT2D eigenvalue weighted by molar-refractivity contribution is 0.0263. The summed E-state index contributed by atoms with van der Waals surface area (Å²) in [6.07, 6.45) is 0. The lowest BCUT2D eigenvalue weighted by Crippen LogP contribution is -2.53. The summed E-state index contributed by atoms with van der Waals surface area (Å²) in [6.45, 7) is 6.69. The smallest absolute Gasteiger partial charge is 0.396 e. The Hall–Kier alpha value is -0.0231. The minimum Gasteiger partial charge on any atom is -0.396 e. The number of hydrogen-bond donors (Lipinski definition) is 3. The number of rotatable bonds is 11. The largest absolute Gasteiger partial charge is 0.501 e. The van der Waals surface area contributed by atoms with Gasteiger partial charge in [0.25, 0.3) is 0 Å². The van der Waals surface area contributed by atoms with E-state index >= 15 is 0 Å². The van der Waals surface area contributed by atoms with Crippen molar-refractivity contribution < 1.29 is 23.5 Å². The molecule has 0 aliphatic heterocycles. The molecular weight excluding hydrogens is 254 g/mol. The Labute approximate surface area is 110 Å². The third-order valence-electron chi connectivity index (χ3n) is 2.79. The zero-order chi connectivity index (χ0) is 14.1. The van der Waals surface area contributed by atoms with Crippen molar-refractivity contribution in [1.29, 1.82) is 0 Å². The third kappa shape index (κ3) is 4.92. The molecule has 0 radical (unpaired) electrons. The quantitative estimate of drug-likeness (QED) is 0.460. The van der Waals surface area contributed by atoms with Crippen LogP contribution in [0.2, 0.25) is 6.04 Å². The van der Waals surface area contributed by atoms with Gasteiger partial charge in [-0.1, -0.05) is 0 Å². The molecule has 0 saturated heterocycles. The van der Waals surface area contributed by atoms with Gasteiger partial charge in [0, 0.05) is 37.8 Å². The first-order chi connectivity index (χ1) is 8.57. The molecule has 0 aromatic rings. The van der Waals surface area contributed by atoms with Gasteiger partial charge in [-0.05, 0) is 20.8 Å². The zero-order valence-electron chi connectivity index (χ0n) is 11.6. The molecule has 4 N–H and O–H groups in total. The van der Waals surface area contributed by atoms with Crippen LogP contribution in [0.15, 0.2) is 0 Å². The fourth-order valence-corrected chi connectivity index (χ4v) is 4.92. The molecule has 110 valence electrons. The highest BCUT2D eigenvalue weighted by atomic mass is 28.4. The summed E-state index contributed by atoms with van der Waals surface area (Å²) >= 11 is 0. The van der Waals surface area contributed by atoms with Crippen molar-refractivity contribution in [1.82, 2.24) is 0 Å². The van der Waals surface area contributed by atoms with E-state index in [0.29, 0.717) is 25.9 Å². The van der Waals surface area contributed by atoms with Crippen LogP contribution in [0.3, 0.4) is 0 Å². The molecule has 0 amide bonds. The standard InChI is InChI=1S/C11H27NO5Si/c1-4-15-18(16-5-2,17-6-3)10-11(7-12,8-13)9-14/h13-14H,4-10,12H2,1-3H3. The van der Waals surface area contributed by atoms with Gasteiger partial charge in [0.1, 0.15) is 0 Å². The number of nitrogens with two attached hydrogens (primary N) is 1. The van der Waals surface area contributed by atoms with Crippen LogP contribution in [-0.4, -0.2) is 58.6 Å². The summed E-state index contributed by atoms with van der Waals surface area (Å²) in [5, 5.41) is 18.9. The molecule has 0 spiro atoms. The van der Waals surface area contributed by atoms with Gasteiger partial charge in [-0.2, -0.15) is 0 Å². The van der Waals surface area contributed by atoms with Gasteiger partial charge in [-0.3, -0.25) is 0 Å². The third-order valence-corrected chi connectivity index (χ3v) is 6.16. The molecule has 6 nitrogen and oxygen atoms in total. The van der Waals surface area contributed by atoms with Gasteiger partial charge in [0.05, 0.1) is 13.2 Å². The Morgan fingerprint density at radius 1 is 0.944 bits per heavy atom. The fraction of sp³-hybridized carbons (Fsp3) is 1.00. The second kappa shape index (κ2) is 8.97. The van der Waals surface area contributed by atoms with Crippen LogP contribution in [0.25, 0.3) is 0 Å². The first-order valence-electron chi connectivity index (χ1n) is 6.41. The molecule has 0 aromatic heterocycles. The van der Waals surface area contributed by atoms with Crippen LogP contribution in [0.4, 0.5) is 0 Å². The van der Waals surface area contributed by atoms with E-state index in [-0.39, 0.29) is 19.8 Å². The summed E-state index contributed by atoms with van der Waals surface area (Å²) in [5.74, 6) is 0. The molecule has 0 heterocycles. The molecule has 0 aliphatic carbocycles. The van der Waals surface area contributed by atoms with Gasteiger partial charge in [-0.25, -0.2) is 0 Å². The molecule has 18 heavy (non-hydrogen) atoms. The van der Waals surface area contributed by atoms with Crippen LogP contribution in [0.5, 0.6) is 0 Å². The van der Waals surface area contributed by atoms with Gasteiger partial charge in [-0.15, -0.1) is 0 Å². The van der Waals surface area contributed by atoms with Crippen LogP contribution < -0.4 is 5.73 Å². The SMILES string of the molecule is CCO[Si](CC(CN)(CO)CO)(OCC)OCC. The van der Waals surface area contributed by atoms with Crippen molar-refractivity contribution in [3.05, 3.63) is 0 Å². The Balaban J connectivity index is 5.02. The monoisotopic (exact) mass is 281 g/mol. The number of aliphatic hydroxyl groups excluding tert-OH is 2. The summed E-state index contributed by atoms with van der Waals surface area (Å²) in [5.41, 5.74) is 4.85. The number of hydrogen-bond acceptors (Lipinski definition) is 6. The van der Waals surface area contributed by atoms with E-state index in [0.717, 1.165) is 0 Å². The maximum absolute atomic E-state index is 9.46. The summed E-state index contributed by atoms with van der Waals surface area (Å²) in [4.78, 5) is 0. The van der Waals surface area contributed by atoms with Crippen LogP contribution in [-0.2, 0) is 13.3 Å². The second-order valence-electron chi connectivity index (χ2n) is 4.18. The lowest BCUT2D eigenvalue weighted by Gasteiger charge is -2.37. The normalized spacial score (nSPS) is 13.0. The Morgan fingerprint density at radius 2 is 1.33 bits per heavy atom. The van der Waals surface area contributed by atoms with Gasteiger partial charge < -0.3 is 29.2 Å². The van der Waals surface area contributed by atoms with E-state index in [1.54, 1.807) is 0 Å². The van der Waals surface area contributed by atoms with E-state index in [2.05, 4.69) is 0 Å². The highest BCUT2D eigenvalue weighted by Crippen LogP contribution is 2.30. The molecule has 0 saturated carbocycles. The van der Waals surface area contributed by atoms with E-state index in [4.69, 9.17) is 19.0 Å². The second-order valence-corrected chi connectivity index (χ2v) is 6.76. The minimum atomic E-state index is -2.89. The molecular formula is C11H27NO5Si. The number of aliphatic hydroxyl groups is 2. The maximum atomic E-state index is 9.46. The van der Waals surface area contributed by atoms with E-state index in [9.17, 15) is 10.2 Å². The topological polar surface area (TPSA) is 94.2 Å². The molecule has 0 fully saturated rings. The van der Waals surface area contributed by atoms with E-state index in [1.807, 2.05) is 20.8 Å². The van der Waals surface area contributed by atoms with Gasteiger partial charge in [0.2, 0.25) is 0 Å². The van der Waals surface area contributed by atoms with Crippen molar-refractivity contribution >= 4 is 8.80 Å².